The highest BCUT2D eigenvalue weighted by atomic mass is 32.1. The maximum atomic E-state index is 12.0. The van der Waals surface area contributed by atoms with Crippen molar-refractivity contribution in [3.63, 3.8) is 0 Å². The summed E-state index contributed by atoms with van der Waals surface area (Å²) in [5.74, 6) is 0.198. The highest BCUT2D eigenvalue weighted by Gasteiger charge is 2.24. The van der Waals surface area contributed by atoms with E-state index in [1.165, 1.54) is 4.88 Å². The number of carbonyl (C=O) groups excluding carboxylic acids is 2. The Bertz CT molecular complexity index is 454. The second-order valence-electron chi connectivity index (χ2n) is 4.85. The van der Waals surface area contributed by atoms with Gasteiger partial charge in [-0.2, -0.15) is 0 Å². The Kier molecular flexibility index (Phi) is 4.01. The minimum absolute atomic E-state index is 0.0751. The molecule has 18 heavy (non-hydrogen) atoms. The van der Waals surface area contributed by atoms with Gasteiger partial charge in [0, 0.05) is 16.8 Å². The van der Waals surface area contributed by atoms with Crippen molar-refractivity contribution in [1.29, 1.82) is 0 Å². The molecule has 0 bridgehead atoms. The third-order valence-electron chi connectivity index (χ3n) is 3.04. The second kappa shape index (κ2) is 5.52. The first-order chi connectivity index (χ1) is 8.58. The minimum Gasteiger partial charge on any atom is -0.354 e. The Morgan fingerprint density at radius 2 is 2.33 bits per heavy atom. The van der Waals surface area contributed by atoms with Crippen LogP contribution in [0.2, 0.25) is 0 Å². The minimum atomic E-state index is -0.381. The van der Waals surface area contributed by atoms with Crippen LogP contribution in [0.5, 0.6) is 0 Å². The van der Waals surface area contributed by atoms with E-state index in [-0.39, 0.29) is 17.9 Å². The molecule has 0 spiro atoms. The summed E-state index contributed by atoms with van der Waals surface area (Å²) in [5, 5.41) is 7.41. The molecular formula is C13H18N2O2S. The van der Waals surface area contributed by atoms with Gasteiger partial charge in [0.05, 0.1) is 5.56 Å². The average molecular weight is 266 g/mol. The highest BCUT2D eigenvalue weighted by molar-refractivity contribution is 7.10. The molecule has 4 nitrogen and oxygen atoms in total. The normalized spacial score (nSPS) is 19.7. The summed E-state index contributed by atoms with van der Waals surface area (Å²) in [6.45, 7) is 4.91. The number of hydrogen-bond donors (Lipinski definition) is 2. The van der Waals surface area contributed by atoms with Crippen LogP contribution in [-0.2, 0) is 4.79 Å². The molecule has 98 valence electrons. The summed E-state index contributed by atoms with van der Waals surface area (Å²) < 4.78 is 0. The van der Waals surface area contributed by atoms with E-state index >= 15 is 0 Å². The summed E-state index contributed by atoms with van der Waals surface area (Å²) in [4.78, 5) is 24.7. The van der Waals surface area contributed by atoms with Gasteiger partial charge in [-0.05, 0) is 24.8 Å². The Labute approximate surface area is 111 Å². The Hall–Kier alpha value is -1.36. The molecule has 5 heteroatoms. The highest BCUT2D eigenvalue weighted by Crippen LogP contribution is 2.23. The van der Waals surface area contributed by atoms with Gasteiger partial charge >= 0.3 is 0 Å². The standard InChI is InChI=1S/C13H18N2O2S/c1-8(2)11-6-9(7-18-11)12(16)15-10-4-3-5-14-13(10)17/h6-8,10H,3-5H2,1-2H3,(H,14,17)(H,15,16)/t10-/m0/s1. The predicted octanol–water partition coefficient (Wildman–Crippen LogP) is 1.88. The van der Waals surface area contributed by atoms with E-state index in [2.05, 4.69) is 24.5 Å². The zero-order valence-electron chi connectivity index (χ0n) is 10.7. The third kappa shape index (κ3) is 2.90. The number of rotatable bonds is 3. The van der Waals surface area contributed by atoms with Gasteiger partial charge in [-0.1, -0.05) is 13.8 Å². The summed E-state index contributed by atoms with van der Waals surface area (Å²) in [5.41, 5.74) is 0.655. The lowest BCUT2D eigenvalue weighted by molar-refractivity contribution is -0.124. The van der Waals surface area contributed by atoms with Gasteiger partial charge < -0.3 is 10.6 Å². The van der Waals surface area contributed by atoms with Crippen molar-refractivity contribution in [1.82, 2.24) is 10.6 Å². The molecule has 1 aromatic heterocycles. The van der Waals surface area contributed by atoms with Crippen LogP contribution in [0.4, 0.5) is 0 Å². The van der Waals surface area contributed by atoms with E-state index < -0.39 is 0 Å². The SMILES string of the molecule is CC(C)c1cc(C(=O)N[C@H]2CCCNC2=O)cs1. The van der Waals surface area contributed by atoms with Crippen LogP contribution >= 0.6 is 11.3 Å². The first kappa shape index (κ1) is 13.1. The van der Waals surface area contributed by atoms with Crippen LogP contribution in [0.25, 0.3) is 0 Å². The van der Waals surface area contributed by atoms with Gasteiger partial charge in [0.15, 0.2) is 0 Å². The lowest BCUT2D eigenvalue weighted by Crippen LogP contribution is -2.50. The Balaban J connectivity index is 2.00. The Morgan fingerprint density at radius 3 is 2.94 bits per heavy atom. The summed E-state index contributed by atoms with van der Waals surface area (Å²) in [6.07, 6.45) is 1.64. The smallest absolute Gasteiger partial charge is 0.252 e. The molecular weight excluding hydrogens is 248 g/mol. The molecule has 1 aromatic rings. The van der Waals surface area contributed by atoms with Crippen LogP contribution in [-0.4, -0.2) is 24.4 Å². The molecule has 0 unspecified atom stereocenters. The molecule has 0 aliphatic carbocycles. The van der Waals surface area contributed by atoms with E-state index in [4.69, 9.17) is 0 Å². The molecule has 2 amide bonds. The quantitative estimate of drug-likeness (QED) is 0.877. The fourth-order valence-electron chi connectivity index (χ4n) is 1.93. The lowest BCUT2D eigenvalue weighted by atomic mass is 10.1. The molecule has 1 aliphatic rings. The predicted molar refractivity (Wildman–Crippen MR) is 71.9 cm³/mol. The first-order valence-corrected chi connectivity index (χ1v) is 7.13. The molecule has 1 saturated heterocycles. The van der Waals surface area contributed by atoms with Gasteiger partial charge in [-0.25, -0.2) is 0 Å². The zero-order valence-corrected chi connectivity index (χ0v) is 11.5. The fraction of sp³-hybridized carbons (Fsp3) is 0.538. The van der Waals surface area contributed by atoms with Crippen molar-refractivity contribution in [2.45, 2.75) is 38.6 Å². The number of thiophene rings is 1. The van der Waals surface area contributed by atoms with Crippen molar-refractivity contribution in [2.24, 2.45) is 0 Å². The van der Waals surface area contributed by atoms with Crippen LogP contribution in [0.15, 0.2) is 11.4 Å². The van der Waals surface area contributed by atoms with Crippen molar-refractivity contribution >= 4 is 23.2 Å². The van der Waals surface area contributed by atoms with Gasteiger partial charge in [0.25, 0.3) is 5.91 Å². The van der Waals surface area contributed by atoms with E-state index in [1.54, 1.807) is 11.3 Å². The number of carbonyl (C=O) groups is 2. The number of amides is 2. The summed E-state index contributed by atoms with van der Waals surface area (Å²) in [6, 6.07) is 1.53. The summed E-state index contributed by atoms with van der Waals surface area (Å²) >= 11 is 1.59. The number of piperidine rings is 1. The van der Waals surface area contributed by atoms with Gasteiger partial charge in [0.2, 0.25) is 5.91 Å². The molecule has 1 atom stereocenters. The molecule has 1 aliphatic heterocycles. The van der Waals surface area contributed by atoms with Gasteiger partial charge in [-0.3, -0.25) is 9.59 Å². The number of hydrogen-bond acceptors (Lipinski definition) is 3. The van der Waals surface area contributed by atoms with Crippen molar-refractivity contribution in [3.8, 4) is 0 Å². The maximum Gasteiger partial charge on any atom is 0.252 e. The molecule has 2 N–H and O–H groups in total. The molecule has 1 fully saturated rings. The van der Waals surface area contributed by atoms with E-state index in [0.717, 1.165) is 12.8 Å². The van der Waals surface area contributed by atoms with Crippen molar-refractivity contribution in [3.05, 3.63) is 21.9 Å². The first-order valence-electron chi connectivity index (χ1n) is 6.25. The van der Waals surface area contributed by atoms with E-state index in [1.807, 2.05) is 11.4 Å². The summed E-state index contributed by atoms with van der Waals surface area (Å²) in [7, 11) is 0. The van der Waals surface area contributed by atoms with Crippen molar-refractivity contribution in [2.75, 3.05) is 6.54 Å². The lowest BCUT2D eigenvalue weighted by Gasteiger charge is -2.22. The molecule has 2 heterocycles. The Morgan fingerprint density at radius 1 is 1.56 bits per heavy atom. The third-order valence-corrected chi connectivity index (χ3v) is 4.27. The van der Waals surface area contributed by atoms with E-state index in [9.17, 15) is 9.59 Å². The monoisotopic (exact) mass is 266 g/mol. The number of nitrogens with one attached hydrogen (secondary N) is 2. The molecule has 0 aromatic carbocycles. The molecule has 0 radical (unpaired) electrons. The van der Waals surface area contributed by atoms with Crippen LogP contribution in [0, 0.1) is 0 Å². The van der Waals surface area contributed by atoms with Gasteiger partial charge in [0.1, 0.15) is 6.04 Å². The molecule has 2 rings (SSSR count). The van der Waals surface area contributed by atoms with Crippen LogP contribution < -0.4 is 10.6 Å². The topological polar surface area (TPSA) is 58.2 Å². The van der Waals surface area contributed by atoms with Crippen LogP contribution in [0.3, 0.4) is 0 Å². The zero-order chi connectivity index (χ0) is 13.1. The second-order valence-corrected chi connectivity index (χ2v) is 5.79. The largest absolute Gasteiger partial charge is 0.354 e. The van der Waals surface area contributed by atoms with Gasteiger partial charge in [-0.15, -0.1) is 11.3 Å². The average Bonchev–Trinajstić information content (AvgIpc) is 2.81. The van der Waals surface area contributed by atoms with E-state index in [0.29, 0.717) is 18.0 Å². The molecule has 0 saturated carbocycles. The van der Waals surface area contributed by atoms with Crippen molar-refractivity contribution < 1.29 is 9.59 Å². The van der Waals surface area contributed by atoms with Crippen LogP contribution in [0.1, 0.15) is 47.8 Å². The fourth-order valence-corrected chi connectivity index (χ4v) is 2.83. The maximum absolute atomic E-state index is 12.0.